The Morgan fingerprint density at radius 3 is 2.50 bits per heavy atom. The minimum Gasteiger partial charge on any atom is -0.458 e. The number of β-amino-alcohol motifs (C(OH)–C–C–N with tert-alkyl or cyclic N) is 1. The second-order valence-corrected chi connectivity index (χ2v) is 9.81. The van der Waals surface area contributed by atoms with Gasteiger partial charge in [-0.25, -0.2) is 0 Å². The third kappa shape index (κ3) is 4.56. The third-order valence-electron chi connectivity index (χ3n) is 5.56. The maximum absolute atomic E-state index is 12.6. The first-order valence-corrected chi connectivity index (χ1v) is 10.1. The smallest absolute Gasteiger partial charge is 0.323 e. The highest BCUT2D eigenvalue weighted by atomic mass is 16.6. The van der Waals surface area contributed by atoms with Crippen LogP contribution in [0, 0.1) is 0 Å². The molecule has 1 saturated heterocycles. The molecule has 2 unspecified atom stereocenters. The molecule has 4 nitrogen and oxygen atoms in total. The van der Waals surface area contributed by atoms with Gasteiger partial charge in [0, 0.05) is 19.4 Å². The van der Waals surface area contributed by atoms with Crippen LogP contribution >= 0.6 is 0 Å². The Kier molecular flexibility index (Phi) is 5.57. The van der Waals surface area contributed by atoms with Crippen LogP contribution in [0.3, 0.4) is 0 Å². The molecule has 4 heteroatoms. The number of fused-ring (bicyclic) bond motifs is 1. The van der Waals surface area contributed by atoms with E-state index in [0.29, 0.717) is 19.4 Å². The van der Waals surface area contributed by atoms with Crippen molar-refractivity contribution in [3.8, 4) is 0 Å². The monoisotopic (exact) mass is 383 g/mol. The van der Waals surface area contributed by atoms with E-state index < -0.39 is 11.7 Å². The Balaban J connectivity index is 1.80. The SMILES string of the molecule is CN1CC(O)CC1C(=O)OC(C)(C)Cc1ccc2cccc(C(C)(C)C)c2c1. The van der Waals surface area contributed by atoms with Crippen molar-refractivity contribution in [1.82, 2.24) is 4.90 Å². The van der Waals surface area contributed by atoms with Crippen molar-refractivity contribution in [3.63, 3.8) is 0 Å². The fraction of sp³-hybridized carbons (Fsp3) is 0.542. The predicted molar refractivity (Wildman–Crippen MR) is 114 cm³/mol. The zero-order valence-corrected chi connectivity index (χ0v) is 18.0. The van der Waals surface area contributed by atoms with Crippen molar-refractivity contribution >= 4 is 16.7 Å². The number of carbonyl (C=O) groups excluding carboxylic acids is 1. The standard InChI is InChI=1S/C24H33NO3/c1-23(2,3)20-9-7-8-17-11-10-16(12-19(17)20)14-24(4,5)28-22(27)21-13-18(26)15-25(21)6/h7-12,18,21,26H,13-15H2,1-6H3. The van der Waals surface area contributed by atoms with Gasteiger partial charge in [0.2, 0.25) is 0 Å². The fourth-order valence-corrected chi connectivity index (χ4v) is 4.20. The summed E-state index contributed by atoms with van der Waals surface area (Å²) in [5.74, 6) is -0.250. The van der Waals surface area contributed by atoms with Crippen molar-refractivity contribution in [2.24, 2.45) is 0 Å². The highest BCUT2D eigenvalue weighted by Gasteiger charge is 2.37. The Labute approximate surface area is 168 Å². The Morgan fingerprint density at radius 1 is 1.18 bits per heavy atom. The Morgan fingerprint density at radius 2 is 1.89 bits per heavy atom. The molecule has 0 aromatic heterocycles. The van der Waals surface area contributed by atoms with E-state index in [0.717, 1.165) is 5.56 Å². The molecule has 1 aliphatic heterocycles. The number of hydrogen-bond donors (Lipinski definition) is 1. The summed E-state index contributed by atoms with van der Waals surface area (Å²) in [6.07, 6.45) is 0.629. The largest absolute Gasteiger partial charge is 0.458 e. The first kappa shape index (κ1) is 20.8. The Hall–Kier alpha value is -1.91. The molecule has 0 aliphatic carbocycles. The zero-order valence-electron chi connectivity index (χ0n) is 18.0. The van der Waals surface area contributed by atoms with Crippen LogP contribution in [0.2, 0.25) is 0 Å². The van der Waals surface area contributed by atoms with Crippen molar-refractivity contribution in [1.29, 1.82) is 0 Å². The number of hydrogen-bond acceptors (Lipinski definition) is 4. The van der Waals surface area contributed by atoms with E-state index in [9.17, 15) is 9.90 Å². The van der Waals surface area contributed by atoms with Gasteiger partial charge in [0.05, 0.1) is 6.10 Å². The van der Waals surface area contributed by atoms with Gasteiger partial charge in [-0.15, -0.1) is 0 Å². The van der Waals surface area contributed by atoms with Gasteiger partial charge in [-0.1, -0.05) is 57.2 Å². The van der Waals surface area contributed by atoms with Gasteiger partial charge in [0.15, 0.2) is 0 Å². The normalized spacial score (nSPS) is 21.2. The van der Waals surface area contributed by atoms with Crippen LogP contribution in [-0.4, -0.2) is 47.3 Å². The molecule has 3 rings (SSSR count). The van der Waals surface area contributed by atoms with Crippen LogP contribution in [0.4, 0.5) is 0 Å². The zero-order chi connectivity index (χ0) is 20.7. The molecule has 0 amide bonds. The van der Waals surface area contributed by atoms with Crippen molar-refractivity contribution < 1.29 is 14.6 Å². The molecule has 152 valence electrons. The van der Waals surface area contributed by atoms with Crippen LogP contribution < -0.4 is 0 Å². The number of aliphatic hydroxyl groups is 1. The highest BCUT2D eigenvalue weighted by molar-refractivity contribution is 5.87. The Bertz CT molecular complexity index is 866. The lowest BCUT2D eigenvalue weighted by molar-refractivity contribution is -0.161. The first-order valence-electron chi connectivity index (χ1n) is 10.1. The van der Waals surface area contributed by atoms with Crippen LogP contribution in [0.15, 0.2) is 36.4 Å². The second-order valence-electron chi connectivity index (χ2n) is 9.81. The minimum atomic E-state index is -0.615. The summed E-state index contributed by atoms with van der Waals surface area (Å²) in [6, 6.07) is 12.6. The van der Waals surface area contributed by atoms with E-state index in [1.54, 1.807) is 0 Å². The van der Waals surface area contributed by atoms with Crippen LogP contribution in [0.1, 0.15) is 52.2 Å². The summed E-state index contributed by atoms with van der Waals surface area (Å²) in [5, 5.41) is 12.3. The lowest BCUT2D eigenvalue weighted by Gasteiger charge is -2.29. The molecule has 1 N–H and O–H groups in total. The van der Waals surface area contributed by atoms with Gasteiger partial charge < -0.3 is 9.84 Å². The number of likely N-dealkylation sites (N-methyl/N-ethyl adjacent to an activating group) is 1. The van der Waals surface area contributed by atoms with E-state index in [1.807, 2.05) is 25.8 Å². The quantitative estimate of drug-likeness (QED) is 0.809. The molecule has 0 saturated carbocycles. The van der Waals surface area contributed by atoms with E-state index >= 15 is 0 Å². The van der Waals surface area contributed by atoms with Crippen LogP contribution in [-0.2, 0) is 21.4 Å². The number of nitrogens with zero attached hydrogens (tertiary/aromatic N) is 1. The summed E-state index contributed by atoms with van der Waals surface area (Å²) >= 11 is 0. The second kappa shape index (κ2) is 7.49. The minimum absolute atomic E-state index is 0.0635. The van der Waals surface area contributed by atoms with Gasteiger partial charge in [-0.2, -0.15) is 0 Å². The lowest BCUT2D eigenvalue weighted by Crippen LogP contribution is -2.40. The maximum Gasteiger partial charge on any atom is 0.323 e. The number of likely N-dealkylation sites (tertiary alicyclic amines) is 1. The summed E-state index contributed by atoms with van der Waals surface area (Å²) < 4.78 is 5.86. The van der Waals surface area contributed by atoms with Crippen LogP contribution in [0.5, 0.6) is 0 Å². The molecule has 2 aromatic rings. The van der Waals surface area contributed by atoms with Gasteiger partial charge in [-0.05, 0) is 48.2 Å². The van der Waals surface area contributed by atoms with E-state index in [4.69, 9.17) is 4.74 Å². The van der Waals surface area contributed by atoms with Crippen LogP contribution in [0.25, 0.3) is 10.8 Å². The molecule has 2 aromatic carbocycles. The maximum atomic E-state index is 12.6. The number of esters is 1. The molecule has 0 radical (unpaired) electrons. The molecule has 0 bridgehead atoms. The fourth-order valence-electron chi connectivity index (χ4n) is 4.20. The lowest BCUT2D eigenvalue weighted by atomic mass is 9.83. The average Bonchev–Trinajstić information content (AvgIpc) is 2.91. The summed E-state index contributed by atoms with van der Waals surface area (Å²) in [4.78, 5) is 14.5. The molecule has 1 aliphatic rings. The molecule has 2 atom stereocenters. The summed E-state index contributed by atoms with van der Waals surface area (Å²) in [7, 11) is 1.85. The van der Waals surface area contributed by atoms with Gasteiger partial charge in [0.1, 0.15) is 11.6 Å². The van der Waals surface area contributed by atoms with Crippen molar-refractivity contribution in [3.05, 3.63) is 47.5 Å². The number of rotatable bonds is 4. The molecule has 1 fully saturated rings. The number of aliphatic hydroxyl groups excluding tert-OH is 1. The molecule has 1 heterocycles. The molecular formula is C24H33NO3. The van der Waals surface area contributed by atoms with E-state index in [2.05, 4.69) is 57.2 Å². The average molecular weight is 384 g/mol. The molecule has 0 spiro atoms. The molecule has 28 heavy (non-hydrogen) atoms. The number of ether oxygens (including phenoxy) is 1. The first-order chi connectivity index (χ1) is 13.0. The summed E-state index contributed by atoms with van der Waals surface area (Å²) in [5.41, 5.74) is 1.93. The highest BCUT2D eigenvalue weighted by Crippen LogP contribution is 2.31. The number of benzene rings is 2. The van der Waals surface area contributed by atoms with Gasteiger partial charge in [0.25, 0.3) is 0 Å². The van der Waals surface area contributed by atoms with Gasteiger partial charge in [-0.3, -0.25) is 9.69 Å². The predicted octanol–water partition coefficient (Wildman–Crippen LogP) is 4.07. The van der Waals surface area contributed by atoms with E-state index in [-0.39, 0.29) is 17.4 Å². The van der Waals surface area contributed by atoms with Crippen molar-refractivity contribution in [2.45, 2.75) is 70.6 Å². The van der Waals surface area contributed by atoms with Crippen molar-refractivity contribution in [2.75, 3.05) is 13.6 Å². The van der Waals surface area contributed by atoms with E-state index in [1.165, 1.54) is 16.3 Å². The third-order valence-corrected chi connectivity index (χ3v) is 5.56. The molecular weight excluding hydrogens is 350 g/mol. The number of carbonyl (C=O) groups is 1. The topological polar surface area (TPSA) is 49.8 Å². The summed E-state index contributed by atoms with van der Waals surface area (Å²) in [6.45, 7) is 11.1. The van der Waals surface area contributed by atoms with Gasteiger partial charge >= 0.3 is 5.97 Å².